The second kappa shape index (κ2) is 12.5. The topological polar surface area (TPSA) is 95.0 Å². The molecule has 198 valence electrons. The first-order valence-electron chi connectivity index (χ1n) is 12.6. The fourth-order valence-electron chi connectivity index (χ4n) is 4.36. The largest absolute Gasteiger partial charge is 0.491 e. The maximum atomic E-state index is 6.04. The lowest BCUT2D eigenvalue weighted by Crippen LogP contribution is -2.04. The molecule has 0 saturated carbocycles. The number of fused-ring (bicyclic) bond motifs is 1. The number of H-pyrrole nitrogens is 1. The van der Waals surface area contributed by atoms with E-state index in [-0.39, 0.29) is 5.92 Å². The molecule has 8 nitrogen and oxygen atoms in total. The third-order valence-electron chi connectivity index (χ3n) is 6.32. The van der Waals surface area contributed by atoms with Gasteiger partial charge in [-0.25, -0.2) is 4.98 Å². The Bertz CT molecular complexity index is 1590. The number of hydrogen-bond acceptors (Lipinski definition) is 8. The van der Waals surface area contributed by atoms with Crippen LogP contribution in [-0.4, -0.2) is 45.9 Å². The van der Waals surface area contributed by atoms with E-state index in [0.717, 1.165) is 16.9 Å². The lowest BCUT2D eigenvalue weighted by Gasteiger charge is -2.11. The number of aryl methyl sites for hydroxylation is 1. The zero-order chi connectivity index (χ0) is 27.0. The van der Waals surface area contributed by atoms with Gasteiger partial charge in [0.2, 0.25) is 5.88 Å². The monoisotopic (exact) mass is 539 g/mol. The molecule has 0 radical (unpaired) electrons. The van der Waals surface area contributed by atoms with E-state index in [1.54, 1.807) is 24.6 Å². The van der Waals surface area contributed by atoms with Crippen LogP contribution in [0, 0.1) is 18.8 Å². The van der Waals surface area contributed by atoms with Gasteiger partial charge in [-0.15, -0.1) is 27.5 Å². The van der Waals surface area contributed by atoms with Crippen LogP contribution < -0.4 is 9.47 Å². The van der Waals surface area contributed by atoms with Crippen molar-refractivity contribution in [2.75, 3.05) is 20.3 Å². The minimum Gasteiger partial charge on any atom is -0.491 e. The van der Waals surface area contributed by atoms with E-state index in [2.05, 4.69) is 80.1 Å². The lowest BCUT2D eigenvalue weighted by molar-refractivity contribution is 0.146. The summed E-state index contributed by atoms with van der Waals surface area (Å²) in [5, 5.41) is 17.6. The zero-order valence-electron chi connectivity index (χ0n) is 22.1. The molecule has 0 fully saturated rings. The summed E-state index contributed by atoms with van der Waals surface area (Å²) in [6, 6.07) is 16.6. The molecule has 1 atom stereocenters. The molecule has 0 aliphatic heterocycles. The van der Waals surface area contributed by atoms with Crippen molar-refractivity contribution in [1.29, 1.82) is 0 Å². The van der Waals surface area contributed by atoms with Crippen LogP contribution >= 0.6 is 11.3 Å². The number of aromatic amines is 1. The Morgan fingerprint density at radius 1 is 1.03 bits per heavy atom. The van der Waals surface area contributed by atoms with Gasteiger partial charge in [-0.05, 0) is 65.7 Å². The molecule has 0 amide bonds. The summed E-state index contributed by atoms with van der Waals surface area (Å²) >= 11 is 1.74. The van der Waals surface area contributed by atoms with Gasteiger partial charge < -0.3 is 14.2 Å². The van der Waals surface area contributed by atoms with Gasteiger partial charge in [0.25, 0.3) is 0 Å². The average molecular weight is 540 g/mol. The molecule has 2 aromatic carbocycles. The SMILES string of the molecule is CC#CC(Cc1nn[nH]n1)c1ccc(OCc2ccc3scc(-c4ccc(OCCOC)cc4C)c3c2)nc1. The minimum atomic E-state index is -0.0667. The number of nitrogens with one attached hydrogen (secondary N) is 1. The maximum Gasteiger partial charge on any atom is 0.213 e. The van der Waals surface area contributed by atoms with Crippen molar-refractivity contribution in [1.82, 2.24) is 25.6 Å². The van der Waals surface area contributed by atoms with Crippen LogP contribution in [0.3, 0.4) is 0 Å². The van der Waals surface area contributed by atoms with Gasteiger partial charge in [0.15, 0.2) is 5.82 Å². The van der Waals surface area contributed by atoms with E-state index in [1.165, 1.54) is 26.8 Å². The number of rotatable bonds is 11. The highest BCUT2D eigenvalue weighted by molar-refractivity contribution is 7.17. The zero-order valence-corrected chi connectivity index (χ0v) is 22.9. The molecule has 39 heavy (non-hydrogen) atoms. The predicted molar refractivity (Wildman–Crippen MR) is 152 cm³/mol. The Hall–Kier alpha value is -4.26. The highest BCUT2D eigenvalue weighted by Gasteiger charge is 2.14. The van der Waals surface area contributed by atoms with E-state index in [1.807, 2.05) is 25.1 Å². The number of thiophene rings is 1. The minimum absolute atomic E-state index is 0.0667. The van der Waals surface area contributed by atoms with Crippen LogP contribution in [0.2, 0.25) is 0 Å². The molecule has 1 unspecified atom stereocenters. The normalized spacial score (nSPS) is 11.7. The number of methoxy groups -OCH3 is 1. The number of ether oxygens (including phenoxy) is 3. The first-order chi connectivity index (χ1) is 19.1. The molecule has 0 bridgehead atoms. The van der Waals surface area contributed by atoms with E-state index < -0.39 is 0 Å². The first-order valence-corrected chi connectivity index (χ1v) is 13.5. The number of aromatic nitrogens is 5. The third kappa shape index (κ3) is 6.42. The van der Waals surface area contributed by atoms with E-state index >= 15 is 0 Å². The van der Waals surface area contributed by atoms with Gasteiger partial charge >= 0.3 is 0 Å². The van der Waals surface area contributed by atoms with E-state index in [4.69, 9.17) is 14.2 Å². The van der Waals surface area contributed by atoms with Crippen LogP contribution in [0.5, 0.6) is 11.6 Å². The molecule has 9 heteroatoms. The van der Waals surface area contributed by atoms with Crippen LogP contribution in [0.1, 0.15) is 35.4 Å². The second-order valence-corrected chi connectivity index (χ2v) is 9.91. The van der Waals surface area contributed by atoms with Crippen LogP contribution in [0.25, 0.3) is 21.2 Å². The summed E-state index contributed by atoms with van der Waals surface area (Å²) in [4.78, 5) is 4.52. The predicted octanol–water partition coefficient (Wildman–Crippen LogP) is 5.74. The molecule has 5 rings (SSSR count). The van der Waals surface area contributed by atoms with E-state index in [0.29, 0.717) is 37.9 Å². The number of hydrogen-bond donors (Lipinski definition) is 1. The summed E-state index contributed by atoms with van der Waals surface area (Å²) in [6.45, 7) is 5.45. The fourth-order valence-corrected chi connectivity index (χ4v) is 5.31. The van der Waals surface area contributed by atoms with Crippen molar-refractivity contribution in [3.63, 3.8) is 0 Å². The third-order valence-corrected chi connectivity index (χ3v) is 7.29. The number of tetrazole rings is 1. The van der Waals surface area contributed by atoms with Gasteiger partial charge in [0.1, 0.15) is 19.0 Å². The molecular formula is C30H29N5O3S. The molecule has 0 spiro atoms. The molecule has 5 aromatic rings. The van der Waals surface area contributed by atoms with Gasteiger partial charge in [0.05, 0.1) is 12.5 Å². The van der Waals surface area contributed by atoms with Crippen molar-refractivity contribution in [2.24, 2.45) is 0 Å². The number of pyridine rings is 1. The summed E-state index contributed by atoms with van der Waals surface area (Å²) in [5.74, 6) is 8.15. The summed E-state index contributed by atoms with van der Waals surface area (Å²) < 4.78 is 18.1. The van der Waals surface area contributed by atoms with Crippen molar-refractivity contribution in [3.8, 4) is 34.6 Å². The smallest absolute Gasteiger partial charge is 0.213 e. The Morgan fingerprint density at radius 3 is 2.69 bits per heavy atom. The Labute approximate surface area is 231 Å². The Balaban J connectivity index is 1.28. The van der Waals surface area contributed by atoms with Gasteiger partial charge in [-0.1, -0.05) is 29.3 Å². The molecular weight excluding hydrogens is 510 g/mol. The van der Waals surface area contributed by atoms with Crippen molar-refractivity contribution >= 4 is 21.4 Å². The Kier molecular flexibility index (Phi) is 8.46. The number of nitrogens with zero attached hydrogens (tertiary/aromatic N) is 4. The Morgan fingerprint density at radius 2 is 1.95 bits per heavy atom. The molecule has 0 aliphatic rings. The summed E-state index contributed by atoms with van der Waals surface area (Å²) in [5.41, 5.74) is 5.64. The highest BCUT2D eigenvalue weighted by Crippen LogP contribution is 2.37. The van der Waals surface area contributed by atoms with Crippen LogP contribution in [-0.2, 0) is 17.8 Å². The van der Waals surface area contributed by atoms with Gasteiger partial charge in [-0.2, -0.15) is 5.21 Å². The van der Waals surface area contributed by atoms with E-state index in [9.17, 15) is 0 Å². The highest BCUT2D eigenvalue weighted by atomic mass is 32.1. The standard InChI is InChI=1S/C30H29N5O3S/c1-4-5-22(16-29-32-34-35-33-29)23-7-11-30(31-17-23)38-18-21-6-10-28-26(15-21)27(19-39-28)25-9-8-24(14-20(25)2)37-13-12-36-3/h6-11,14-15,17,19,22H,12-13,16,18H2,1-3H3,(H,32,33,34,35). The van der Waals surface area contributed by atoms with Crippen molar-refractivity contribution in [2.45, 2.75) is 32.8 Å². The van der Waals surface area contributed by atoms with Crippen molar-refractivity contribution < 1.29 is 14.2 Å². The second-order valence-electron chi connectivity index (χ2n) is 9.00. The molecule has 0 aliphatic carbocycles. The number of benzene rings is 2. The van der Waals surface area contributed by atoms with Crippen molar-refractivity contribution in [3.05, 3.63) is 82.6 Å². The lowest BCUT2D eigenvalue weighted by atomic mass is 9.97. The molecule has 0 saturated heterocycles. The van der Waals surface area contributed by atoms with Crippen LogP contribution in [0.15, 0.2) is 60.1 Å². The van der Waals surface area contributed by atoms with Crippen LogP contribution in [0.4, 0.5) is 0 Å². The maximum absolute atomic E-state index is 6.04. The molecule has 3 heterocycles. The first kappa shape index (κ1) is 26.4. The summed E-state index contributed by atoms with van der Waals surface area (Å²) in [7, 11) is 1.67. The quantitative estimate of drug-likeness (QED) is 0.169. The van der Waals surface area contributed by atoms with Gasteiger partial charge in [-0.3, -0.25) is 0 Å². The van der Waals surface area contributed by atoms with Gasteiger partial charge in [0, 0.05) is 41.4 Å². The average Bonchev–Trinajstić information content (AvgIpc) is 3.62. The molecule has 3 aromatic heterocycles. The molecule has 1 N–H and O–H groups in total. The fraction of sp³-hybridized carbons (Fsp3) is 0.267. The summed E-state index contributed by atoms with van der Waals surface area (Å²) in [6.07, 6.45) is 2.36.